The van der Waals surface area contributed by atoms with Gasteiger partial charge in [-0.25, -0.2) is 0 Å². The van der Waals surface area contributed by atoms with Crippen molar-refractivity contribution >= 4 is 29.3 Å². The Bertz CT molecular complexity index is 1240. The fourth-order valence-electron chi connectivity index (χ4n) is 6.20. The molecule has 0 aliphatic carbocycles. The lowest BCUT2D eigenvalue weighted by molar-refractivity contribution is -0.121. The Morgan fingerprint density at radius 2 is 1.64 bits per heavy atom. The van der Waals surface area contributed by atoms with Crippen LogP contribution in [0.15, 0.2) is 53.7 Å². The first-order valence-electron chi connectivity index (χ1n) is 15.8. The summed E-state index contributed by atoms with van der Waals surface area (Å²) in [6.45, 7) is 8.78. The van der Waals surface area contributed by atoms with E-state index in [0.29, 0.717) is 24.6 Å². The van der Waals surface area contributed by atoms with Crippen LogP contribution in [0.4, 0.5) is 5.69 Å². The molecule has 2 saturated heterocycles. The van der Waals surface area contributed by atoms with E-state index in [0.717, 1.165) is 67.7 Å². The summed E-state index contributed by atoms with van der Waals surface area (Å²) in [6, 6.07) is 14.2. The topological polar surface area (TPSA) is 91.0 Å². The maximum Gasteiger partial charge on any atom is 0.253 e. The molecule has 42 heavy (non-hydrogen) atoms. The Balaban J connectivity index is 1.29. The van der Waals surface area contributed by atoms with Gasteiger partial charge in [0, 0.05) is 55.3 Å². The van der Waals surface area contributed by atoms with Crippen LogP contribution in [-0.4, -0.2) is 67.6 Å². The number of anilines is 1. The molecule has 2 heterocycles. The Morgan fingerprint density at radius 3 is 2.29 bits per heavy atom. The standard InChI is InChI=1S/C35H49N5O2/c1-4-5-6-7-18-39-19-14-30(15-20-39)34(41)38-33-23-31(9-8-26(33)2)35(42)40-21-16-29(17-22-40)27-10-12-28(13-11-27)32(24-36)25-37-3/h8-13,23-25,29-30H,4-7,14-22,36H2,1-3H3,(H,38,41). The monoisotopic (exact) mass is 571 g/mol. The van der Waals surface area contributed by atoms with E-state index in [1.54, 1.807) is 19.5 Å². The molecule has 226 valence electrons. The highest BCUT2D eigenvalue weighted by atomic mass is 16.2. The zero-order valence-corrected chi connectivity index (χ0v) is 25.8. The SMILES string of the molecule is CCCCCCN1CCC(C(=O)Nc2cc(C(=O)N3CCC(c4ccc(C(C=NC)=CN)cc4)CC3)ccc2C)CC1. The summed E-state index contributed by atoms with van der Waals surface area (Å²) in [5.74, 6) is 0.564. The molecule has 4 rings (SSSR count). The molecule has 0 unspecified atom stereocenters. The molecule has 2 aliphatic heterocycles. The van der Waals surface area contributed by atoms with Gasteiger partial charge in [0.15, 0.2) is 0 Å². The number of carbonyl (C=O) groups excluding carboxylic acids is 2. The van der Waals surface area contributed by atoms with Crippen molar-refractivity contribution in [2.75, 3.05) is 45.1 Å². The quantitative estimate of drug-likeness (QED) is 0.247. The van der Waals surface area contributed by atoms with E-state index in [1.807, 2.05) is 30.0 Å². The van der Waals surface area contributed by atoms with Crippen LogP contribution in [0.3, 0.4) is 0 Å². The van der Waals surface area contributed by atoms with Crippen LogP contribution in [0.1, 0.15) is 91.3 Å². The molecule has 0 bridgehead atoms. The molecule has 2 aromatic rings. The minimum absolute atomic E-state index is 0.0291. The van der Waals surface area contributed by atoms with Gasteiger partial charge in [-0.15, -0.1) is 0 Å². The molecular weight excluding hydrogens is 522 g/mol. The molecule has 7 heteroatoms. The summed E-state index contributed by atoms with van der Waals surface area (Å²) in [4.78, 5) is 35.1. The van der Waals surface area contributed by atoms with Gasteiger partial charge in [-0.1, -0.05) is 56.5 Å². The number of unbranched alkanes of at least 4 members (excludes halogenated alkanes) is 3. The molecule has 0 spiro atoms. The van der Waals surface area contributed by atoms with Crippen LogP contribution in [-0.2, 0) is 4.79 Å². The lowest BCUT2D eigenvalue weighted by Crippen LogP contribution is -2.39. The van der Waals surface area contributed by atoms with Gasteiger partial charge < -0.3 is 20.9 Å². The van der Waals surface area contributed by atoms with E-state index < -0.39 is 0 Å². The molecule has 2 fully saturated rings. The first-order chi connectivity index (χ1) is 20.4. The van der Waals surface area contributed by atoms with Gasteiger partial charge in [0.25, 0.3) is 5.91 Å². The smallest absolute Gasteiger partial charge is 0.253 e. The summed E-state index contributed by atoms with van der Waals surface area (Å²) in [6.07, 6.45) is 12.1. The summed E-state index contributed by atoms with van der Waals surface area (Å²) in [5, 5.41) is 3.16. The number of rotatable bonds is 11. The van der Waals surface area contributed by atoms with Gasteiger partial charge >= 0.3 is 0 Å². The van der Waals surface area contributed by atoms with Gasteiger partial charge in [0.1, 0.15) is 0 Å². The number of piperidine rings is 2. The third-order valence-corrected chi connectivity index (χ3v) is 8.97. The Hall–Kier alpha value is -3.45. The van der Waals surface area contributed by atoms with Crippen LogP contribution in [0, 0.1) is 12.8 Å². The van der Waals surface area contributed by atoms with Crippen LogP contribution < -0.4 is 11.1 Å². The second-order valence-electron chi connectivity index (χ2n) is 11.9. The number of nitrogens with two attached hydrogens (primary N) is 1. The highest BCUT2D eigenvalue weighted by Crippen LogP contribution is 2.30. The normalized spacial score (nSPS) is 17.6. The number of benzene rings is 2. The van der Waals surface area contributed by atoms with Gasteiger partial charge in [-0.05, 0) is 93.4 Å². The molecule has 2 aromatic carbocycles. The fraction of sp³-hybridized carbons (Fsp3) is 0.514. The highest BCUT2D eigenvalue weighted by Gasteiger charge is 2.27. The van der Waals surface area contributed by atoms with Crippen LogP contribution in [0.25, 0.3) is 5.57 Å². The second-order valence-corrected chi connectivity index (χ2v) is 11.9. The molecular formula is C35H49N5O2. The van der Waals surface area contributed by atoms with Crippen LogP contribution >= 0.6 is 0 Å². The molecule has 2 amide bonds. The minimum Gasteiger partial charge on any atom is -0.404 e. The minimum atomic E-state index is 0.0291. The molecule has 3 N–H and O–H groups in total. The number of nitrogens with one attached hydrogen (secondary N) is 1. The van der Waals surface area contributed by atoms with Gasteiger partial charge in [0.05, 0.1) is 0 Å². The van der Waals surface area contributed by atoms with Crippen molar-refractivity contribution in [2.45, 2.75) is 71.1 Å². The van der Waals surface area contributed by atoms with Crippen molar-refractivity contribution in [3.8, 4) is 0 Å². The molecule has 0 aromatic heterocycles. The summed E-state index contributed by atoms with van der Waals surface area (Å²) in [7, 11) is 1.74. The van der Waals surface area contributed by atoms with E-state index >= 15 is 0 Å². The second kappa shape index (κ2) is 15.7. The number of hydrogen-bond donors (Lipinski definition) is 2. The average Bonchev–Trinajstić information content (AvgIpc) is 3.03. The van der Waals surface area contributed by atoms with E-state index in [2.05, 4.69) is 46.4 Å². The van der Waals surface area contributed by atoms with Crippen molar-refractivity contribution in [1.82, 2.24) is 9.80 Å². The zero-order valence-electron chi connectivity index (χ0n) is 25.8. The molecule has 7 nitrogen and oxygen atoms in total. The van der Waals surface area contributed by atoms with Gasteiger partial charge in [0.2, 0.25) is 5.91 Å². The number of carbonyl (C=O) groups is 2. The number of amides is 2. The largest absolute Gasteiger partial charge is 0.404 e. The Morgan fingerprint density at radius 1 is 0.952 bits per heavy atom. The number of likely N-dealkylation sites (tertiary alicyclic amines) is 2. The predicted molar refractivity (Wildman–Crippen MR) is 174 cm³/mol. The lowest BCUT2D eigenvalue weighted by Gasteiger charge is -2.32. The van der Waals surface area contributed by atoms with E-state index in [-0.39, 0.29) is 17.7 Å². The zero-order chi connectivity index (χ0) is 29.9. The maximum atomic E-state index is 13.4. The Labute approximate surface area is 252 Å². The maximum absolute atomic E-state index is 13.4. The van der Waals surface area contributed by atoms with Gasteiger partial charge in [-0.2, -0.15) is 0 Å². The molecule has 0 saturated carbocycles. The fourth-order valence-corrected chi connectivity index (χ4v) is 6.20. The summed E-state index contributed by atoms with van der Waals surface area (Å²) in [5.41, 5.74) is 11.4. The van der Waals surface area contributed by atoms with E-state index in [4.69, 9.17) is 5.73 Å². The first kappa shape index (κ1) is 31.5. The summed E-state index contributed by atoms with van der Waals surface area (Å²) >= 11 is 0. The van der Waals surface area contributed by atoms with Crippen molar-refractivity contribution < 1.29 is 9.59 Å². The van der Waals surface area contributed by atoms with Crippen molar-refractivity contribution in [3.05, 3.63) is 70.9 Å². The third-order valence-electron chi connectivity index (χ3n) is 8.97. The Kier molecular flexibility index (Phi) is 11.8. The highest BCUT2D eigenvalue weighted by molar-refractivity contribution is 6.09. The number of hydrogen-bond acceptors (Lipinski definition) is 5. The molecule has 2 aliphatic rings. The number of aliphatic imine (C=N–C) groups is 1. The predicted octanol–water partition coefficient (Wildman–Crippen LogP) is 6.25. The molecule has 0 atom stereocenters. The van der Waals surface area contributed by atoms with Crippen molar-refractivity contribution in [2.24, 2.45) is 16.6 Å². The number of aryl methyl sites for hydroxylation is 1. The van der Waals surface area contributed by atoms with E-state index in [9.17, 15) is 9.59 Å². The summed E-state index contributed by atoms with van der Waals surface area (Å²) < 4.78 is 0. The third kappa shape index (κ3) is 8.31. The number of allylic oxidation sites excluding steroid dienone is 1. The van der Waals surface area contributed by atoms with Gasteiger partial charge in [-0.3, -0.25) is 14.6 Å². The van der Waals surface area contributed by atoms with Crippen LogP contribution in [0.2, 0.25) is 0 Å². The van der Waals surface area contributed by atoms with Crippen molar-refractivity contribution in [3.63, 3.8) is 0 Å². The first-order valence-corrected chi connectivity index (χ1v) is 15.8. The lowest BCUT2D eigenvalue weighted by atomic mass is 9.88. The average molecular weight is 572 g/mol. The van der Waals surface area contributed by atoms with Crippen molar-refractivity contribution in [1.29, 1.82) is 0 Å². The number of nitrogens with zero attached hydrogens (tertiary/aromatic N) is 3. The molecule has 0 radical (unpaired) electrons. The van der Waals surface area contributed by atoms with E-state index in [1.165, 1.54) is 31.2 Å². The van der Waals surface area contributed by atoms with Crippen LogP contribution in [0.5, 0.6) is 0 Å².